The van der Waals surface area contributed by atoms with Gasteiger partial charge < -0.3 is 5.32 Å². The van der Waals surface area contributed by atoms with Crippen molar-refractivity contribution in [1.82, 2.24) is 9.97 Å². The first-order valence-electron chi connectivity index (χ1n) is 6.22. The van der Waals surface area contributed by atoms with Gasteiger partial charge in [-0.3, -0.25) is 9.78 Å². The summed E-state index contributed by atoms with van der Waals surface area (Å²) < 4.78 is 0. The van der Waals surface area contributed by atoms with Gasteiger partial charge in [0, 0.05) is 34.4 Å². The van der Waals surface area contributed by atoms with Gasteiger partial charge in [0.25, 0.3) is 5.91 Å². The molecule has 5 heteroatoms. The topological polar surface area (TPSA) is 54.9 Å². The van der Waals surface area contributed by atoms with Gasteiger partial charge in [0.15, 0.2) is 0 Å². The molecule has 1 amide bonds. The van der Waals surface area contributed by atoms with Crippen LogP contribution in [0.15, 0.2) is 36.0 Å². The van der Waals surface area contributed by atoms with Crippen molar-refractivity contribution in [2.24, 2.45) is 0 Å². The van der Waals surface area contributed by atoms with Gasteiger partial charge in [-0.15, -0.1) is 11.3 Å². The lowest BCUT2D eigenvalue weighted by Crippen LogP contribution is -2.11. The van der Waals surface area contributed by atoms with Crippen LogP contribution < -0.4 is 5.32 Å². The van der Waals surface area contributed by atoms with Gasteiger partial charge >= 0.3 is 0 Å². The molecule has 0 bridgehead atoms. The van der Waals surface area contributed by atoms with Crippen LogP contribution in [-0.4, -0.2) is 15.9 Å². The number of amides is 1. The monoisotopic (exact) mass is 283 g/mol. The molecule has 0 spiro atoms. The van der Waals surface area contributed by atoms with Gasteiger partial charge in [-0.2, -0.15) is 0 Å². The van der Waals surface area contributed by atoms with Crippen molar-refractivity contribution in [3.63, 3.8) is 0 Å². The highest BCUT2D eigenvalue weighted by molar-refractivity contribution is 7.17. The molecule has 3 aromatic heterocycles. The highest BCUT2D eigenvalue weighted by Crippen LogP contribution is 2.32. The Morgan fingerprint density at radius 3 is 2.75 bits per heavy atom. The van der Waals surface area contributed by atoms with Crippen LogP contribution in [0.3, 0.4) is 0 Å². The van der Waals surface area contributed by atoms with Crippen LogP contribution in [0.25, 0.3) is 10.2 Å². The molecular weight excluding hydrogens is 270 g/mol. The number of hydrogen-bond acceptors (Lipinski definition) is 4. The molecule has 0 aromatic carbocycles. The van der Waals surface area contributed by atoms with Gasteiger partial charge in [0.2, 0.25) is 0 Å². The zero-order chi connectivity index (χ0) is 14.1. The van der Waals surface area contributed by atoms with E-state index < -0.39 is 0 Å². The van der Waals surface area contributed by atoms with Crippen LogP contribution in [0.1, 0.15) is 21.6 Å². The number of aryl methyl sites for hydroxylation is 2. The summed E-state index contributed by atoms with van der Waals surface area (Å²) in [5.74, 6) is -0.132. The SMILES string of the molecule is Cc1cc(C)c2c(NC(=O)c3ccncc3)csc2n1. The smallest absolute Gasteiger partial charge is 0.255 e. The van der Waals surface area contributed by atoms with Crippen molar-refractivity contribution in [3.8, 4) is 0 Å². The zero-order valence-corrected chi connectivity index (χ0v) is 12.0. The second-order valence-corrected chi connectivity index (χ2v) is 5.46. The Kier molecular flexibility index (Phi) is 3.20. The van der Waals surface area contributed by atoms with E-state index in [9.17, 15) is 4.79 Å². The van der Waals surface area contributed by atoms with Crippen LogP contribution in [0, 0.1) is 13.8 Å². The third-order valence-corrected chi connectivity index (χ3v) is 3.93. The van der Waals surface area contributed by atoms with Crippen molar-refractivity contribution < 1.29 is 4.79 Å². The fourth-order valence-corrected chi connectivity index (χ4v) is 3.17. The molecule has 3 aromatic rings. The number of hydrogen-bond donors (Lipinski definition) is 1. The molecular formula is C15H13N3OS. The average molecular weight is 283 g/mol. The maximum absolute atomic E-state index is 12.2. The largest absolute Gasteiger partial charge is 0.321 e. The molecule has 0 radical (unpaired) electrons. The summed E-state index contributed by atoms with van der Waals surface area (Å²) in [5.41, 5.74) is 3.52. The zero-order valence-electron chi connectivity index (χ0n) is 11.2. The van der Waals surface area contributed by atoms with E-state index in [1.165, 1.54) is 0 Å². The molecule has 0 unspecified atom stereocenters. The average Bonchev–Trinajstić information content (AvgIpc) is 2.82. The lowest BCUT2D eigenvalue weighted by molar-refractivity contribution is 0.102. The second kappa shape index (κ2) is 5.02. The predicted molar refractivity (Wildman–Crippen MR) is 81.3 cm³/mol. The van der Waals surface area contributed by atoms with Crippen molar-refractivity contribution in [3.05, 3.63) is 52.8 Å². The van der Waals surface area contributed by atoms with E-state index in [1.54, 1.807) is 35.9 Å². The summed E-state index contributed by atoms with van der Waals surface area (Å²) in [5, 5.41) is 5.90. The number of thiophene rings is 1. The molecule has 0 atom stereocenters. The minimum atomic E-state index is -0.132. The molecule has 0 aliphatic carbocycles. The predicted octanol–water partition coefficient (Wildman–Crippen LogP) is 3.56. The van der Waals surface area contributed by atoms with Crippen LogP contribution >= 0.6 is 11.3 Å². The Labute approximate surface area is 120 Å². The number of pyridine rings is 2. The first kappa shape index (κ1) is 12.7. The van der Waals surface area contributed by atoms with Gasteiger partial charge in [-0.1, -0.05) is 0 Å². The molecule has 0 fully saturated rings. The normalized spacial score (nSPS) is 10.7. The number of anilines is 1. The highest BCUT2D eigenvalue weighted by Gasteiger charge is 2.12. The fourth-order valence-electron chi connectivity index (χ4n) is 2.18. The maximum Gasteiger partial charge on any atom is 0.255 e. The van der Waals surface area contributed by atoms with Crippen molar-refractivity contribution >= 4 is 33.1 Å². The summed E-state index contributed by atoms with van der Waals surface area (Å²) >= 11 is 1.54. The Balaban J connectivity index is 1.98. The van der Waals surface area contributed by atoms with E-state index in [0.717, 1.165) is 27.2 Å². The van der Waals surface area contributed by atoms with E-state index in [1.807, 2.05) is 25.3 Å². The lowest BCUT2D eigenvalue weighted by atomic mass is 10.1. The number of rotatable bonds is 2. The number of carbonyl (C=O) groups is 1. The number of nitrogens with one attached hydrogen (secondary N) is 1. The molecule has 3 heterocycles. The van der Waals surface area contributed by atoms with Gasteiger partial charge in [0.1, 0.15) is 4.83 Å². The summed E-state index contributed by atoms with van der Waals surface area (Å²) in [6.07, 6.45) is 3.22. The first-order chi connectivity index (χ1) is 9.65. The molecule has 1 N–H and O–H groups in total. The fraction of sp³-hybridized carbons (Fsp3) is 0.133. The Bertz CT molecular complexity index is 780. The number of carbonyl (C=O) groups excluding carboxylic acids is 1. The molecule has 100 valence electrons. The Morgan fingerprint density at radius 2 is 2.00 bits per heavy atom. The van der Waals surface area contributed by atoms with E-state index in [2.05, 4.69) is 15.3 Å². The lowest BCUT2D eigenvalue weighted by Gasteiger charge is -2.05. The van der Waals surface area contributed by atoms with Gasteiger partial charge in [-0.25, -0.2) is 4.98 Å². The number of nitrogens with zero attached hydrogens (tertiary/aromatic N) is 2. The van der Waals surface area contributed by atoms with Crippen molar-refractivity contribution in [2.75, 3.05) is 5.32 Å². The van der Waals surface area contributed by atoms with Crippen molar-refractivity contribution in [2.45, 2.75) is 13.8 Å². The first-order valence-corrected chi connectivity index (χ1v) is 7.10. The Morgan fingerprint density at radius 1 is 1.25 bits per heavy atom. The van der Waals surface area contributed by atoms with Crippen LogP contribution in [0.4, 0.5) is 5.69 Å². The van der Waals surface area contributed by atoms with E-state index in [-0.39, 0.29) is 5.91 Å². The molecule has 0 aliphatic heterocycles. The van der Waals surface area contributed by atoms with E-state index in [0.29, 0.717) is 5.56 Å². The van der Waals surface area contributed by atoms with Crippen molar-refractivity contribution in [1.29, 1.82) is 0 Å². The Hall–Kier alpha value is -2.27. The maximum atomic E-state index is 12.2. The number of fused-ring (bicyclic) bond motifs is 1. The standard InChI is InChI=1S/C15H13N3OS/c1-9-7-10(2)17-15-13(9)12(8-20-15)18-14(19)11-3-5-16-6-4-11/h3-8H,1-2H3,(H,18,19). The van der Waals surface area contributed by atoms with Gasteiger partial charge in [0.05, 0.1) is 5.69 Å². The summed E-state index contributed by atoms with van der Waals surface area (Å²) in [7, 11) is 0. The highest BCUT2D eigenvalue weighted by atomic mass is 32.1. The van der Waals surface area contributed by atoms with Gasteiger partial charge in [-0.05, 0) is 37.6 Å². The minimum absolute atomic E-state index is 0.132. The number of aromatic nitrogens is 2. The third-order valence-electron chi connectivity index (χ3n) is 3.06. The van der Waals surface area contributed by atoms with Crippen LogP contribution in [0.5, 0.6) is 0 Å². The molecule has 0 saturated heterocycles. The summed E-state index contributed by atoms with van der Waals surface area (Å²) in [6.45, 7) is 4.01. The molecule has 0 saturated carbocycles. The summed E-state index contributed by atoms with van der Waals surface area (Å²) in [4.78, 5) is 21.5. The quantitative estimate of drug-likeness (QED) is 0.782. The summed E-state index contributed by atoms with van der Waals surface area (Å²) in [6, 6.07) is 5.41. The van der Waals surface area contributed by atoms with Crippen LogP contribution in [-0.2, 0) is 0 Å². The van der Waals surface area contributed by atoms with Crippen LogP contribution in [0.2, 0.25) is 0 Å². The second-order valence-electron chi connectivity index (χ2n) is 4.60. The molecule has 20 heavy (non-hydrogen) atoms. The van der Waals surface area contributed by atoms with E-state index >= 15 is 0 Å². The molecule has 4 nitrogen and oxygen atoms in total. The third kappa shape index (κ3) is 2.28. The minimum Gasteiger partial charge on any atom is -0.321 e. The molecule has 0 aliphatic rings. The molecule has 3 rings (SSSR count). The van der Waals surface area contributed by atoms with E-state index in [4.69, 9.17) is 0 Å².